The highest BCUT2D eigenvalue weighted by atomic mass is 16.5. The van der Waals surface area contributed by atoms with Crippen LogP contribution >= 0.6 is 0 Å². The van der Waals surface area contributed by atoms with Crippen molar-refractivity contribution in [2.24, 2.45) is 0 Å². The van der Waals surface area contributed by atoms with Gasteiger partial charge in [0.15, 0.2) is 0 Å². The molecule has 1 saturated heterocycles. The summed E-state index contributed by atoms with van der Waals surface area (Å²) < 4.78 is 16.4. The van der Waals surface area contributed by atoms with Gasteiger partial charge in [-0.1, -0.05) is 31.7 Å². The van der Waals surface area contributed by atoms with Crippen LogP contribution in [0.3, 0.4) is 0 Å². The molecule has 7 nitrogen and oxygen atoms in total. The molecule has 0 aliphatic carbocycles. The Hall–Kier alpha value is -3.58. The first kappa shape index (κ1) is 25.1. The quantitative estimate of drug-likeness (QED) is 0.163. The van der Waals surface area contributed by atoms with E-state index in [0.29, 0.717) is 55.4 Å². The number of aliphatic hydroxyl groups excluding tert-OH is 1. The molecule has 2 aromatic carbocycles. The molecule has 0 bridgehead atoms. The Morgan fingerprint density at radius 3 is 2.53 bits per heavy atom. The molecular formula is C27H31NO6. The standard InChI is InChI=1S/C27H31NO6/c1-4-15-33-21-12-10-19(11-13-21)25(29)23-24(20-8-6-9-22(18-20)34-16-5-2)28(14-7-17-32-3)27(31)26(23)30/h5-6,8-13,18,24,29H,2,4,7,14-17H2,1,3H3/b25-23+. The van der Waals surface area contributed by atoms with Gasteiger partial charge in [0.1, 0.15) is 23.9 Å². The average Bonchev–Trinajstić information content (AvgIpc) is 3.11. The second kappa shape index (κ2) is 12.0. The molecule has 1 heterocycles. The fourth-order valence-corrected chi connectivity index (χ4v) is 3.85. The van der Waals surface area contributed by atoms with Crippen molar-refractivity contribution in [2.45, 2.75) is 25.8 Å². The van der Waals surface area contributed by atoms with E-state index < -0.39 is 17.7 Å². The third-order valence-electron chi connectivity index (χ3n) is 5.43. The van der Waals surface area contributed by atoms with Crippen molar-refractivity contribution in [3.63, 3.8) is 0 Å². The molecule has 0 radical (unpaired) electrons. The number of rotatable bonds is 12. The number of ether oxygens (including phenoxy) is 3. The van der Waals surface area contributed by atoms with E-state index in [4.69, 9.17) is 14.2 Å². The molecule has 0 aromatic heterocycles. The number of hydrogen-bond acceptors (Lipinski definition) is 6. The van der Waals surface area contributed by atoms with Crippen LogP contribution in [0.4, 0.5) is 0 Å². The van der Waals surface area contributed by atoms with Gasteiger partial charge in [-0.3, -0.25) is 9.59 Å². The summed E-state index contributed by atoms with van der Waals surface area (Å²) >= 11 is 0. The molecule has 1 amide bonds. The van der Waals surface area contributed by atoms with Crippen molar-refractivity contribution < 1.29 is 28.9 Å². The number of carbonyl (C=O) groups excluding carboxylic acids is 2. The summed E-state index contributed by atoms with van der Waals surface area (Å²) in [6.45, 7) is 7.33. The number of methoxy groups -OCH3 is 1. The molecule has 34 heavy (non-hydrogen) atoms. The fraction of sp³-hybridized carbons (Fsp3) is 0.333. The average molecular weight is 466 g/mol. The summed E-state index contributed by atoms with van der Waals surface area (Å²) in [5.74, 6) is -0.344. The Balaban J connectivity index is 2.04. The van der Waals surface area contributed by atoms with E-state index in [0.717, 1.165) is 6.42 Å². The van der Waals surface area contributed by atoms with Crippen molar-refractivity contribution in [3.05, 3.63) is 77.9 Å². The maximum Gasteiger partial charge on any atom is 0.295 e. The van der Waals surface area contributed by atoms with Crippen LogP contribution in [0.5, 0.6) is 11.5 Å². The predicted molar refractivity (Wildman–Crippen MR) is 130 cm³/mol. The van der Waals surface area contributed by atoms with Gasteiger partial charge in [0.2, 0.25) is 0 Å². The summed E-state index contributed by atoms with van der Waals surface area (Å²) in [6.07, 6.45) is 3.07. The summed E-state index contributed by atoms with van der Waals surface area (Å²) in [5.41, 5.74) is 1.15. The van der Waals surface area contributed by atoms with E-state index in [1.807, 2.05) is 13.0 Å². The highest BCUT2D eigenvalue weighted by Crippen LogP contribution is 2.40. The number of nitrogens with zero attached hydrogens (tertiary/aromatic N) is 1. The lowest BCUT2D eigenvalue weighted by atomic mass is 9.95. The first-order valence-electron chi connectivity index (χ1n) is 11.4. The lowest BCUT2D eigenvalue weighted by Crippen LogP contribution is -2.31. The number of amides is 1. The van der Waals surface area contributed by atoms with Crippen molar-refractivity contribution in [1.82, 2.24) is 4.90 Å². The monoisotopic (exact) mass is 465 g/mol. The van der Waals surface area contributed by atoms with Crippen LogP contribution in [0, 0.1) is 0 Å². The van der Waals surface area contributed by atoms with Gasteiger partial charge in [0.25, 0.3) is 11.7 Å². The lowest BCUT2D eigenvalue weighted by Gasteiger charge is -2.25. The largest absolute Gasteiger partial charge is 0.507 e. The molecule has 1 aliphatic heterocycles. The minimum Gasteiger partial charge on any atom is -0.507 e. The second-order valence-corrected chi connectivity index (χ2v) is 7.88. The van der Waals surface area contributed by atoms with Crippen molar-refractivity contribution >= 4 is 17.4 Å². The minimum absolute atomic E-state index is 0.0468. The third-order valence-corrected chi connectivity index (χ3v) is 5.43. The summed E-state index contributed by atoms with van der Waals surface area (Å²) in [6, 6.07) is 13.3. The van der Waals surface area contributed by atoms with E-state index in [1.54, 1.807) is 55.7 Å². The van der Waals surface area contributed by atoms with Gasteiger partial charge in [-0.15, -0.1) is 0 Å². The van der Waals surface area contributed by atoms with Crippen LogP contribution in [0.2, 0.25) is 0 Å². The van der Waals surface area contributed by atoms with Gasteiger partial charge in [-0.2, -0.15) is 0 Å². The molecule has 1 unspecified atom stereocenters. The van der Waals surface area contributed by atoms with Crippen LogP contribution in [0.1, 0.15) is 36.9 Å². The van der Waals surface area contributed by atoms with E-state index in [-0.39, 0.29) is 11.3 Å². The van der Waals surface area contributed by atoms with Crippen LogP contribution in [-0.2, 0) is 14.3 Å². The van der Waals surface area contributed by atoms with Crippen molar-refractivity contribution in [1.29, 1.82) is 0 Å². The zero-order valence-corrected chi connectivity index (χ0v) is 19.7. The zero-order valence-electron chi connectivity index (χ0n) is 19.7. The maximum atomic E-state index is 13.1. The van der Waals surface area contributed by atoms with Crippen LogP contribution < -0.4 is 9.47 Å². The van der Waals surface area contributed by atoms with E-state index >= 15 is 0 Å². The van der Waals surface area contributed by atoms with Gasteiger partial charge in [-0.05, 0) is 54.8 Å². The first-order chi connectivity index (χ1) is 16.5. The normalized spacial score (nSPS) is 17.1. The molecular weight excluding hydrogens is 434 g/mol. The number of likely N-dealkylation sites (tertiary alicyclic amines) is 1. The number of Topliss-reactive ketones (excluding diaryl/α,β-unsaturated/α-hetero) is 1. The molecule has 7 heteroatoms. The van der Waals surface area contributed by atoms with Gasteiger partial charge in [0, 0.05) is 25.8 Å². The first-order valence-corrected chi connectivity index (χ1v) is 11.4. The zero-order chi connectivity index (χ0) is 24.5. The van der Waals surface area contributed by atoms with Gasteiger partial charge < -0.3 is 24.2 Å². The lowest BCUT2D eigenvalue weighted by molar-refractivity contribution is -0.140. The third kappa shape index (κ3) is 5.66. The van der Waals surface area contributed by atoms with E-state index in [2.05, 4.69) is 6.58 Å². The molecule has 1 N–H and O–H groups in total. The topological polar surface area (TPSA) is 85.3 Å². The summed E-state index contributed by atoms with van der Waals surface area (Å²) in [4.78, 5) is 27.6. The van der Waals surface area contributed by atoms with Crippen LogP contribution in [0.25, 0.3) is 5.76 Å². The highest BCUT2D eigenvalue weighted by molar-refractivity contribution is 6.46. The molecule has 1 fully saturated rings. The molecule has 2 aromatic rings. The van der Waals surface area contributed by atoms with Gasteiger partial charge >= 0.3 is 0 Å². The molecule has 1 atom stereocenters. The molecule has 180 valence electrons. The highest BCUT2D eigenvalue weighted by Gasteiger charge is 2.45. The smallest absolute Gasteiger partial charge is 0.295 e. The number of benzene rings is 2. The molecule has 0 saturated carbocycles. The fourth-order valence-electron chi connectivity index (χ4n) is 3.85. The summed E-state index contributed by atoms with van der Waals surface area (Å²) in [7, 11) is 1.58. The van der Waals surface area contributed by atoms with Crippen LogP contribution in [0.15, 0.2) is 66.8 Å². The second-order valence-electron chi connectivity index (χ2n) is 7.88. The Kier molecular flexibility index (Phi) is 8.87. The van der Waals surface area contributed by atoms with Crippen molar-refractivity contribution in [2.75, 3.05) is 33.5 Å². The Labute approximate surface area is 200 Å². The number of aliphatic hydroxyl groups is 1. The molecule has 1 aliphatic rings. The summed E-state index contributed by atoms with van der Waals surface area (Å²) in [5, 5.41) is 11.2. The number of carbonyl (C=O) groups is 2. The minimum atomic E-state index is -0.750. The van der Waals surface area contributed by atoms with Gasteiger partial charge in [-0.25, -0.2) is 0 Å². The van der Waals surface area contributed by atoms with Gasteiger partial charge in [0.05, 0.1) is 18.2 Å². The maximum absolute atomic E-state index is 13.1. The number of ketones is 1. The predicted octanol–water partition coefficient (Wildman–Crippen LogP) is 4.50. The van der Waals surface area contributed by atoms with E-state index in [9.17, 15) is 14.7 Å². The Morgan fingerprint density at radius 2 is 1.85 bits per heavy atom. The van der Waals surface area contributed by atoms with E-state index in [1.165, 1.54) is 4.90 Å². The molecule has 0 spiro atoms. The van der Waals surface area contributed by atoms with Crippen LogP contribution in [-0.4, -0.2) is 55.2 Å². The van der Waals surface area contributed by atoms with Crippen molar-refractivity contribution in [3.8, 4) is 11.5 Å². The molecule has 3 rings (SSSR count). The Bertz CT molecular complexity index is 1040. The SMILES string of the molecule is C=CCOc1cccc(C2/C(=C(\O)c3ccc(OCCC)cc3)C(=O)C(=O)N2CCCOC)c1. The Morgan fingerprint density at radius 1 is 1.09 bits per heavy atom. The number of hydrogen-bond donors (Lipinski definition) is 1.